The van der Waals surface area contributed by atoms with Crippen molar-refractivity contribution in [1.82, 2.24) is 0 Å². The summed E-state index contributed by atoms with van der Waals surface area (Å²) in [5.74, 6) is 0. The smallest absolute Gasteiger partial charge is 0.0565 e. The second-order valence-electron chi connectivity index (χ2n) is 4.35. The molecular formula is C14H17NS. The largest absolute Gasteiger partial charge is 0.320 e. The fraction of sp³-hybridized carbons (Fsp3) is 0.286. The molecule has 1 atom stereocenters. The molecule has 0 aliphatic heterocycles. The van der Waals surface area contributed by atoms with Crippen LogP contribution < -0.4 is 5.73 Å². The number of aryl methyl sites for hydroxylation is 3. The summed E-state index contributed by atoms with van der Waals surface area (Å²) in [6.45, 7) is 6.35. The minimum Gasteiger partial charge on any atom is -0.320 e. The Labute approximate surface area is 101 Å². The van der Waals surface area contributed by atoms with Crippen LogP contribution in [0.15, 0.2) is 29.0 Å². The maximum Gasteiger partial charge on any atom is 0.0565 e. The predicted octanol–water partition coefficient (Wildman–Crippen LogP) is 3.72. The van der Waals surface area contributed by atoms with Crippen LogP contribution in [0.25, 0.3) is 0 Å². The van der Waals surface area contributed by atoms with Gasteiger partial charge in [-0.2, -0.15) is 11.3 Å². The molecule has 0 spiro atoms. The molecule has 1 unspecified atom stereocenters. The molecular weight excluding hydrogens is 214 g/mol. The number of hydrogen-bond acceptors (Lipinski definition) is 2. The number of hydrogen-bond donors (Lipinski definition) is 1. The van der Waals surface area contributed by atoms with E-state index in [0.717, 1.165) is 0 Å². The van der Waals surface area contributed by atoms with Crippen molar-refractivity contribution in [3.8, 4) is 0 Å². The Hall–Kier alpha value is -1.12. The lowest BCUT2D eigenvalue weighted by Gasteiger charge is -2.15. The van der Waals surface area contributed by atoms with Crippen molar-refractivity contribution in [2.75, 3.05) is 0 Å². The second kappa shape index (κ2) is 4.40. The molecule has 0 bridgehead atoms. The molecule has 1 heterocycles. The van der Waals surface area contributed by atoms with Crippen LogP contribution >= 0.6 is 11.3 Å². The summed E-state index contributed by atoms with van der Waals surface area (Å²) in [5, 5.41) is 4.31. The van der Waals surface area contributed by atoms with E-state index in [1.54, 1.807) is 11.3 Å². The summed E-state index contributed by atoms with van der Waals surface area (Å²) in [6, 6.07) is 6.47. The fourth-order valence-electron chi connectivity index (χ4n) is 1.95. The van der Waals surface area contributed by atoms with Gasteiger partial charge in [0, 0.05) is 0 Å². The second-order valence-corrected chi connectivity index (χ2v) is 5.09. The molecule has 1 aromatic carbocycles. The van der Waals surface area contributed by atoms with Gasteiger partial charge < -0.3 is 5.73 Å². The first kappa shape index (κ1) is 11.4. The zero-order chi connectivity index (χ0) is 11.7. The van der Waals surface area contributed by atoms with E-state index in [9.17, 15) is 0 Å². The number of rotatable bonds is 2. The summed E-state index contributed by atoms with van der Waals surface area (Å²) in [6.07, 6.45) is 0. The maximum absolute atomic E-state index is 6.34. The SMILES string of the molecule is Cc1ccc(C)c(C(N)c2cscc2C)c1. The normalized spacial score (nSPS) is 12.8. The van der Waals surface area contributed by atoms with Gasteiger partial charge in [-0.3, -0.25) is 0 Å². The molecule has 0 radical (unpaired) electrons. The first-order valence-corrected chi connectivity index (χ1v) is 6.39. The first-order valence-electron chi connectivity index (χ1n) is 5.45. The average Bonchev–Trinajstić information content (AvgIpc) is 2.67. The highest BCUT2D eigenvalue weighted by Gasteiger charge is 2.14. The van der Waals surface area contributed by atoms with Crippen LogP contribution in [0.5, 0.6) is 0 Å². The monoisotopic (exact) mass is 231 g/mol. The molecule has 0 aliphatic carbocycles. The van der Waals surface area contributed by atoms with Crippen molar-refractivity contribution in [2.24, 2.45) is 5.73 Å². The quantitative estimate of drug-likeness (QED) is 0.837. The Kier molecular flexibility index (Phi) is 3.13. The minimum atomic E-state index is 0.00569. The molecule has 2 N–H and O–H groups in total. The predicted molar refractivity (Wildman–Crippen MR) is 71.0 cm³/mol. The van der Waals surface area contributed by atoms with Crippen LogP contribution in [0.2, 0.25) is 0 Å². The van der Waals surface area contributed by atoms with Crippen LogP contribution in [0, 0.1) is 20.8 Å². The van der Waals surface area contributed by atoms with Gasteiger partial charge in [-0.05, 0) is 53.8 Å². The molecule has 0 fully saturated rings. The topological polar surface area (TPSA) is 26.0 Å². The average molecular weight is 231 g/mol. The van der Waals surface area contributed by atoms with Crippen molar-refractivity contribution in [2.45, 2.75) is 26.8 Å². The standard InChI is InChI=1S/C14H17NS/c1-9-4-5-10(2)12(6-9)14(15)13-8-16-7-11(13)3/h4-8,14H,15H2,1-3H3. The summed E-state index contributed by atoms with van der Waals surface area (Å²) >= 11 is 1.72. The first-order chi connectivity index (χ1) is 7.59. The van der Waals surface area contributed by atoms with Crippen LogP contribution in [0.4, 0.5) is 0 Å². The van der Waals surface area contributed by atoms with Crippen LogP contribution in [0.1, 0.15) is 33.9 Å². The Balaban J connectivity index is 2.45. The van der Waals surface area contributed by atoms with Gasteiger partial charge in [0.05, 0.1) is 6.04 Å². The summed E-state index contributed by atoms with van der Waals surface area (Å²) in [4.78, 5) is 0. The third kappa shape index (κ3) is 2.04. The molecule has 0 aliphatic rings. The highest BCUT2D eigenvalue weighted by Crippen LogP contribution is 2.28. The number of thiophene rings is 1. The van der Waals surface area contributed by atoms with Crippen molar-refractivity contribution < 1.29 is 0 Å². The molecule has 1 aromatic heterocycles. The van der Waals surface area contributed by atoms with Crippen molar-refractivity contribution >= 4 is 11.3 Å². The van der Waals surface area contributed by atoms with E-state index >= 15 is 0 Å². The van der Waals surface area contributed by atoms with E-state index in [2.05, 4.69) is 49.7 Å². The molecule has 1 nitrogen and oxygen atoms in total. The molecule has 84 valence electrons. The van der Waals surface area contributed by atoms with Gasteiger partial charge in [-0.15, -0.1) is 0 Å². The molecule has 2 heteroatoms. The van der Waals surface area contributed by atoms with Crippen molar-refractivity contribution in [3.05, 3.63) is 56.8 Å². The minimum absolute atomic E-state index is 0.00569. The lowest BCUT2D eigenvalue weighted by molar-refractivity contribution is 0.856. The highest BCUT2D eigenvalue weighted by molar-refractivity contribution is 7.08. The molecule has 0 saturated carbocycles. The van der Waals surface area contributed by atoms with Crippen LogP contribution in [-0.4, -0.2) is 0 Å². The van der Waals surface area contributed by atoms with Gasteiger partial charge in [0.2, 0.25) is 0 Å². The number of nitrogens with two attached hydrogens (primary N) is 1. The fourth-order valence-corrected chi connectivity index (χ4v) is 2.84. The summed E-state index contributed by atoms with van der Waals surface area (Å²) < 4.78 is 0. The van der Waals surface area contributed by atoms with E-state index in [-0.39, 0.29) is 6.04 Å². The van der Waals surface area contributed by atoms with Gasteiger partial charge >= 0.3 is 0 Å². The Morgan fingerprint density at radius 2 is 1.75 bits per heavy atom. The van der Waals surface area contributed by atoms with Gasteiger partial charge in [-0.1, -0.05) is 23.8 Å². The third-order valence-electron chi connectivity index (χ3n) is 3.00. The highest BCUT2D eigenvalue weighted by atomic mass is 32.1. The van der Waals surface area contributed by atoms with Crippen LogP contribution in [-0.2, 0) is 0 Å². The lowest BCUT2D eigenvalue weighted by Crippen LogP contribution is -2.13. The zero-order valence-electron chi connectivity index (χ0n) is 9.95. The lowest BCUT2D eigenvalue weighted by atomic mass is 9.94. The summed E-state index contributed by atoms with van der Waals surface area (Å²) in [7, 11) is 0. The Morgan fingerprint density at radius 1 is 1.00 bits per heavy atom. The van der Waals surface area contributed by atoms with Gasteiger partial charge in [0.1, 0.15) is 0 Å². The maximum atomic E-state index is 6.34. The molecule has 0 amide bonds. The van der Waals surface area contributed by atoms with E-state index in [0.29, 0.717) is 0 Å². The third-order valence-corrected chi connectivity index (χ3v) is 3.88. The van der Waals surface area contributed by atoms with Crippen molar-refractivity contribution in [3.63, 3.8) is 0 Å². The zero-order valence-corrected chi connectivity index (χ0v) is 10.8. The van der Waals surface area contributed by atoms with E-state index in [1.807, 2.05) is 0 Å². The van der Waals surface area contributed by atoms with E-state index < -0.39 is 0 Å². The number of benzene rings is 1. The van der Waals surface area contributed by atoms with Gasteiger partial charge in [-0.25, -0.2) is 0 Å². The van der Waals surface area contributed by atoms with Crippen molar-refractivity contribution in [1.29, 1.82) is 0 Å². The van der Waals surface area contributed by atoms with Gasteiger partial charge in [0.15, 0.2) is 0 Å². The summed E-state index contributed by atoms with van der Waals surface area (Å²) in [5.41, 5.74) is 12.6. The molecule has 0 saturated heterocycles. The Morgan fingerprint density at radius 3 is 2.38 bits per heavy atom. The molecule has 2 rings (SSSR count). The molecule has 2 aromatic rings. The Bertz CT molecular complexity index is 499. The van der Waals surface area contributed by atoms with Gasteiger partial charge in [0.25, 0.3) is 0 Å². The van der Waals surface area contributed by atoms with E-state index in [4.69, 9.17) is 5.73 Å². The van der Waals surface area contributed by atoms with E-state index in [1.165, 1.54) is 27.8 Å². The molecule has 16 heavy (non-hydrogen) atoms. The van der Waals surface area contributed by atoms with Crippen LogP contribution in [0.3, 0.4) is 0 Å².